The predicted octanol–water partition coefficient (Wildman–Crippen LogP) is 3.73. The van der Waals surface area contributed by atoms with Crippen LogP contribution in [0, 0.1) is 0 Å². The number of nitrogens with zero attached hydrogens (tertiary/aromatic N) is 8. The molecule has 24 heteroatoms. The van der Waals surface area contributed by atoms with Gasteiger partial charge >= 0.3 is 12.2 Å². The van der Waals surface area contributed by atoms with Gasteiger partial charge in [0.05, 0.1) is 45.2 Å². The first-order valence-electron chi connectivity index (χ1n) is 20.3. The van der Waals surface area contributed by atoms with E-state index in [0.717, 1.165) is 15.9 Å². The first kappa shape index (κ1) is 46.7. The van der Waals surface area contributed by atoms with E-state index in [9.17, 15) is 28.2 Å². The molecule has 2 amide bonds. The molecule has 0 fully saturated rings. The first-order valence-corrected chi connectivity index (χ1v) is 23.2. The molecule has 0 atom stereocenters. The number of sulfonamides is 2. The summed E-state index contributed by atoms with van der Waals surface area (Å²) in [7, 11) is -5.54. The number of hydrogen-bond acceptors (Lipinski definition) is 14. The van der Waals surface area contributed by atoms with Gasteiger partial charge in [0.1, 0.15) is 27.0 Å². The molecule has 0 spiro atoms. The van der Waals surface area contributed by atoms with Gasteiger partial charge in [0.15, 0.2) is 0 Å². The molecule has 66 heavy (non-hydrogen) atoms. The number of aryl methyl sites for hydroxylation is 1. The number of fused-ring (bicyclic) bond motifs is 1. The van der Waals surface area contributed by atoms with Crippen LogP contribution in [-0.4, -0.2) is 120 Å². The van der Waals surface area contributed by atoms with Crippen LogP contribution in [-0.2, 0) is 46.2 Å². The maximum Gasteiger partial charge on any atom is 0.404 e. The molecule has 22 nitrogen and oxygen atoms in total. The van der Waals surface area contributed by atoms with Gasteiger partial charge in [0.2, 0.25) is 31.8 Å². The van der Waals surface area contributed by atoms with Crippen molar-refractivity contribution < 1.29 is 50.8 Å². The normalized spacial score (nSPS) is 12.8. The molecule has 0 radical (unpaired) electrons. The van der Waals surface area contributed by atoms with Gasteiger partial charge in [-0.05, 0) is 76.9 Å². The summed E-state index contributed by atoms with van der Waals surface area (Å²) < 4.78 is 83.2. The van der Waals surface area contributed by atoms with Crippen molar-refractivity contribution in [2.75, 3.05) is 45.9 Å². The Morgan fingerprint density at radius 3 is 1.83 bits per heavy atom. The van der Waals surface area contributed by atoms with Crippen molar-refractivity contribution in [3.05, 3.63) is 114 Å². The Balaban J connectivity index is 1.48. The Hall–Kier alpha value is -7.28. The lowest BCUT2D eigenvalue weighted by Crippen LogP contribution is -2.49. The van der Waals surface area contributed by atoms with E-state index in [4.69, 9.17) is 14.2 Å². The van der Waals surface area contributed by atoms with E-state index < -0.39 is 61.2 Å². The molecule has 5 N–H and O–H groups in total. The first-order chi connectivity index (χ1) is 31.7. The van der Waals surface area contributed by atoms with Crippen LogP contribution in [0.3, 0.4) is 0 Å². The largest absolute Gasteiger partial charge is 0.497 e. The van der Waals surface area contributed by atoms with Crippen molar-refractivity contribution in [1.29, 1.82) is 0 Å². The molecule has 0 saturated heterocycles. The van der Waals surface area contributed by atoms with Crippen molar-refractivity contribution in [1.82, 2.24) is 49.4 Å². The summed E-state index contributed by atoms with van der Waals surface area (Å²) in [6.07, 6.45) is 0.938. The lowest BCUT2D eigenvalue weighted by molar-refractivity contribution is 0.191. The van der Waals surface area contributed by atoms with Gasteiger partial charge in [-0.1, -0.05) is 36.4 Å². The molecule has 2 aromatic heterocycles. The Bertz CT molecular complexity index is 2810. The number of benzene rings is 4. The van der Waals surface area contributed by atoms with Crippen molar-refractivity contribution >= 4 is 43.9 Å². The third kappa shape index (κ3) is 10.8. The summed E-state index contributed by atoms with van der Waals surface area (Å²) in [5, 5.41) is 36.2. The Labute approximate surface area is 379 Å². The minimum atomic E-state index is -5.04. The average molecular weight is 946 g/mol. The number of nitrogens with one attached hydrogen (secondary N) is 3. The number of tetrazole rings is 1. The molecule has 1 aliphatic rings. The van der Waals surface area contributed by atoms with Crippen LogP contribution >= 0.6 is 0 Å². The summed E-state index contributed by atoms with van der Waals surface area (Å²) in [6, 6.07) is 21.6. The van der Waals surface area contributed by atoms with Crippen LogP contribution < -0.4 is 34.5 Å². The van der Waals surface area contributed by atoms with Crippen LogP contribution in [0.2, 0.25) is 0 Å². The van der Waals surface area contributed by atoms with Crippen molar-refractivity contribution in [3.8, 4) is 28.6 Å². The molecule has 6 aromatic rings. The van der Waals surface area contributed by atoms with Gasteiger partial charge in [-0.3, -0.25) is 0 Å². The van der Waals surface area contributed by atoms with Gasteiger partial charge in [-0.2, -0.15) is 9.10 Å². The fraction of sp³-hybridized carbons (Fsp3) is 0.286. The topological polar surface area (TPSA) is 275 Å². The van der Waals surface area contributed by atoms with Gasteiger partial charge in [0.25, 0.3) is 0 Å². The van der Waals surface area contributed by atoms with Crippen molar-refractivity contribution in [2.24, 2.45) is 0 Å². The maximum absolute atomic E-state index is 16.0. The van der Waals surface area contributed by atoms with Gasteiger partial charge in [0, 0.05) is 51.7 Å². The maximum atomic E-state index is 16.0. The molecule has 4 aromatic carbocycles. The molecule has 0 aliphatic carbocycles. The number of rotatable bonds is 20. The Morgan fingerprint density at radius 1 is 0.758 bits per heavy atom. The fourth-order valence-corrected chi connectivity index (χ4v) is 10.9. The molecule has 3 heterocycles. The highest BCUT2D eigenvalue weighted by molar-refractivity contribution is 7.92. The van der Waals surface area contributed by atoms with Crippen LogP contribution in [0.5, 0.6) is 17.2 Å². The van der Waals surface area contributed by atoms with E-state index in [-0.39, 0.29) is 36.7 Å². The Kier molecular flexibility index (Phi) is 14.3. The molecule has 348 valence electrons. The predicted molar refractivity (Wildman–Crippen MR) is 238 cm³/mol. The number of hydrogen-bond donors (Lipinski definition) is 5. The lowest BCUT2D eigenvalue weighted by Gasteiger charge is -2.32. The smallest absolute Gasteiger partial charge is 0.404 e. The lowest BCUT2D eigenvalue weighted by atomic mass is 10.1. The van der Waals surface area contributed by atoms with Crippen molar-refractivity contribution in [2.45, 2.75) is 48.4 Å². The summed E-state index contributed by atoms with van der Waals surface area (Å²) in [4.78, 5) is 29.2. The van der Waals surface area contributed by atoms with E-state index >= 15 is 8.42 Å². The third-order valence-corrected chi connectivity index (χ3v) is 14.1. The number of carboxylic acid groups (broad SMARTS) is 2. The monoisotopic (exact) mass is 945 g/mol. The minimum Gasteiger partial charge on any atom is -0.497 e. The summed E-state index contributed by atoms with van der Waals surface area (Å²) in [5.74, 6) is 1.85. The number of carbonyl (C=O) groups is 2. The number of imidazole rings is 1. The van der Waals surface area contributed by atoms with E-state index in [1.165, 1.54) is 32.2 Å². The molecule has 7 rings (SSSR count). The highest BCUT2D eigenvalue weighted by Gasteiger charge is 2.40. The van der Waals surface area contributed by atoms with Crippen LogP contribution in [0.1, 0.15) is 23.1 Å². The zero-order chi connectivity index (χ0) is 47.0. The molecule has 0 bridgehead atoms. The zero-order valence-electron chi connectivity index (χ0n) is 35.9. The zero-order valence-corrected chi connectivity index (χ0v) is 37.6. The van der Waals surface area contributed by atoms with Crippen LogP contribution in [0.15, 0.2) is 107 Å². The van der Waals surface area contributed by atoms with E-state index in [1.54, 1.807) is 90.1 Å². The second kappa shape index (κ2) is 20.3. The highest BCUT2D eigenvalue weighted by atomic mass is 32.2. The number of aromatic nitrogens is 6. The number of amides is 2. The van der Waals surface area contributed by atoms with E-state index in [0.29, 0.717) is 53.8 Å². The van der Waals surface area contributed by atoms with Gasteiger partial charge in [-0.15, -0.1) is 10.2 Å². The van der Waals surface area contributed by atoms with Crippen molar-refractivity contribution in [3.63, 3.8) is 0 Å². The van der Waals surface area contributed by atoms with E-state index in [1.807, 2.05) is 4.57 Å². The second-order valence-corrected chi connectivity index (χ2v) is 18.4. The standard InChI is InChI=1S/C42H47N11O11S2/c1-62-32-11-5-28(6-12-32)25-51(26-29-7-13-33(63-2)14-8-29)66(60,61)38-36(65(58,59)48-31(23-44-41(54)55)24-45-42(56)57)18-17-35(52-21-4-20-50-22-19-43-40(50)52)37(38)39-46-49-53(47-39)27-30-9-15-34(64-3)16-10-30/h5-19,22,31,44-45,48H,4,20-21,23-27H2,1-3H3,(H,54,55)(H,56,57). The second-order valence-electron chi connectivity index (χ2n) is 14.9. The van der Waals surface area contributed by atoms with Gasteiger partial charge < -0.3 is 44.5 Å². The number of ether oxygens (including phenoxy) is 3. The summed E-state index contributed by atoms with van der Waals surface area (Å²) in [5.41, 5.74) is 1.75. The quantitative estimate of drug-likeness (QED) is 0.0729. The third-order valence-electron chi connectivity index (χ3n) is 10.5. The van der Waals surface area contributed by atoms with Gasteiger partial charge in [-0.25, -0.2) is 36.1 Å². The number of anilines is 2. The minimum absolute atomic E-state index is 0.0813. The molecule has 1 aliphatic heterocycles. The highest BCUT2D eigenvalue weighted by Crippen LogP contribution is 2.43. The average Bonchev–Trinajstić information content (AvgIpc) is 4.00. The fourth-order valence-electron chi connectivity index (χ4n) is 7.30. The van der Waals surface area contributed by atoms with Crippen LogP contribution in [0.4, 0.5) is 21.2 Å². The molecular weight excluding hydrogens is 899 g/mol. The summed E-state index contributed by atoms with van der Waals surface area (Å²) in [6.45, 7) is -0.715. The summed E-state index contributed by atoms with van der Waals surface area (Å²) >= 11 is 0. The van der Waals surface area contributed by atoms with E-state index in [2.05, 4.69) is 35.8 Å². The van der Waals surface area contributed by atoms with Crippen LogP contribution in [0.25, 0.3) is 11.4 Å². The molecule has 0 saturated carbocycles. The molecule has 0 unspecified atom stereocenters. The Morgan fingerprint density at radius 2 is 1.30 bits per heavy atom. The SMILES string of the molecule is COc1ccc(CN(Cc2ccc(OC)cc2)S(=O)(=O)c2c(S(=O)(=O)NC(CNC(=O)O)CNC(=O)O)ccc(N3CCCn4ccnc43)c2-c2nnn(Cc3ccc(OC)cc3)n2)cc1. The molecular formula is C42H47N11O11S2. The number of methoxy groups -OCH3 is 3.